The third-order valence-corrected chi connectivity index (χ3v) is 8.93. The summed E-state index contributed by atoms with van der Waals surface area (Å²) in [6.07, 6.45) is 4.41. The molecule has 1 saturated heterocycles. The van der Waals surface area contributed by atoms with Gasteiger partial charge in [0.15, 0.2) is 23.3 Å². The van der Waals surface area contributed by atoms with Crippen LogP contribution in [0.1, 0.15) is 86.1 Å². The standard InChI is InChI=1S/C33H38F4N2O3S/c1-4-6-7-9-24-15-22(17-29(34)32(24)36)14-23-16-27(33(37)30(35)18-23)28-20-42-25(8-5-2)19-31(28)38-39-43(40,41)26-12-10-21(3)11-13-26/h10-13,15-18,25,28,39H,4-9,14,19-20H2,1-3H3/b38-31-. The molecule has 43 heavy (non-hydrogen) atoms. The van der Waals surface area contributed by atoms with Crippen molar-refractivity contribution in [2.45, 2.75) is 89.1 Å². The highest BCUT2D eigenvalue weighted by Crippen LogP contribution is 2.32. The van der Waals surface area contributed by atoms with E-state index in [4.69, 9.17) is 4.74 Å². The van der Waals surface area contributed by atoms with Gasteiger partial charge in [0.2, 0.25) is 0 Å². The SMILES string of the molecule is CCCCCc1cc(Cc2cc(F)c(F)c(C3COC(CCC)C/C3=N/NS(=O)(=O)c3ccc(C)cc3)c2)cc(F)c1F. The summed E-state index contributed by atoms with van der Waals surface area (Å²) in [6, 6.07) is 11.4. The van der Waals surface area contributed by atoms with Crippen molar-refractivity contribution < 1.29 is 30.7 Å². The topological polar surface area (TPSA) is 67.8 Å². The van der Waals surface area contributed by atoms with Crippen LogP contribution < -0.4 is 4.83 Å². The molecule has 0 aliphatic carbocycles. The predicted molar refractivity (Wildman–Crippen MR) is 160 cm³/mol. The molecule has 0 saturated carbocycles. The number of hydrogen-bond donors (Lipinski definition) is 1. The van der Waals surface area contributed by atoms with Gasteiger partial charge in [0.25, 0.3) is 10.0 Å². The molecule has 2 atom stereocenters. The van der Waals surface area contributed by atoms with Crippen LogP contribution in [-0.4, -0.2) is 26.8 Å². The molecule has 0 bridgehead atoms. The molecular weight excluding hydrogens is 580 g/mol. The monoisotopic (exact) mass is 618 g/mol. The zero-order chi connectivity index (χ0) is 31.1. The first-order valence-electron chi connectivity index (χ1n) is 14.7. The fourth-order valence-electron chi connectivity index (χ4n) is 5.37. The molecule has 1 heterocycles. The molecule has 0 spiro atoms. The van der Waals surface area contributed by atoms with Crippen LogP contribution in [0.2, 0.25) is 0 Å². The highest BCUT2D eigenvalue weighted by Gasteiger charge is 2.32. The number of sulfonamides is 1. The summed E-state index contributed by atoms with van der Waals surface area (Å²) in [5.74, 6) is -4.93. The number of hydrazone groups is 1. The molecule has 3 aromatic rings. The first kappa shape index (κ1) is 32.7. The van der Waals surface area contributed by atoms with E-state index >= 15 is 4.39 Å². The van der Waals surface area contributed by atoms with E-state index in [1.807, 2.05) is 20.8 Å². The average Bonchev–Trinajstić information content (AvgIpc) is 2.97. The Labute approximate surface area is 251 Å². The van der Waals surface area contributed by atoms with Crippen molar-refractivity contribution >= 4 is 15.7 Å². The minimum atomic E-state index is -4.01. The second-order valence-electron chi connectivity index (χ2n) is 11.2. The molecular formula is C33H38F4N2O3S. The van der Waals surface area contributed by atoms with Crippen LogP contribution in [0.3, 0.4) is 0 Å². The van der Waals surface area contributed by atoms with Gasteiger partial charge in [0, 0.05) is 12.0 Å². The number of unbranched alkanes of at least 4 members (excludes halogenated alkanes) is 2. The minimum absolute atomic E-state index is 0.0241. The Hall–Kier alpha value is -3.24. The van der Waals surface area contributed by atoms with E-state index in [1.165, 1.54) is 18.2 Å². The van der Waals surface area contributed by atoms with Crippen LogP contribution >= 0.6 is 0 Å². The van der Waals surface area contributed by atoms with Crippen LogP contribution in [0.15, 0.2) is 58.5 Å². The van der Waals surface area contributed by atoms with Gasteiger partial charge in [-0.25, -0.2) is 22.4 Å². The highest BCUT2D eigenvalue weighted by molar-refractivity contribution is 7.89. The Morgan fingerprint density at radius 1 is 0.907 bits per heavy atom. The molecule has 0 radical (unpaired) electrons. The van der Waals surface area contributed by atoms with Gasteiger partial charge < -0.3 is 4.74 Å². The van der Waals surface area contributed by atoms with Gasteiger partial charge in [-0.15, -0.1) is 0 Å². The molecule has 1 aliphatic rings. The van der Waals surface area contributed by atoms with Crippen molar-refractivity contribution in [3.63, 3.8) is 0 Å². The highest BCUT2D eigenvalue weighted by atomic mass is 32.2. The molecule has 0 amide bonds. The van der Waals surface area contributed by atoms with E-state index < -0.39 is 39.2 Å². The second-order valence-corrected chi connectivity index (χ2v) is 12.8. The zero-order valence-corrected chi connectivity index (χ0v) is 25.5. The van der Waals surface area contributed by atoms with Crippen LogP contribution in [0, 0.1) is 30.2 Å². The summed E-state index contributed by atoms with van der Waals surface area (Å²) in [5.41, 5.74) is 2.22. The third-order valence-electron chi connectivity index (χ3n) is 7.70. The summed E-state index contributed by atoms with van der Waals surface area (Å²) in [6.45, 7) is 5.82. The van der Waals surface area contributed by atoms with Crippen molar-refractivity contribution in [1.82, 2.24) is 4.83 Å². The lowest BCUT2D eigenvalue weighted by atomic mass is 9.86. The quantitative estimate of drug-likeness (QED) is 0.128. The molecule has 10 heteroatoms. The number of benzene rings is 3. The number of aryl methyl sites for hydroxylation is 2. The lowest BCUT2D eigenvalue weighted by Gasteiger charge is -2.31. The molecule has 1 N–H and O–H groups in total. The van der Waals surface area contributed by atoms with Gasteiger partial charge in [0.05, 0.1) is 29.2 Å². The third kappa shape index (κ3) is 8.23. The minimum Gasteiger partial charge on any atom is -0.377 e. The van der Waals surface area contributed by atoms with Crippen molar-refractivity contribution in [2.75, 3.05) is 6.61 Å². The molecule has 3 aromatic carbocycles. The average molecular weight is 619 g/mol. The first-order valence-corrected chi connectivity index (χ1v) is 16.2. The number of halogens is 4. The van der Waals surface area contributed by atoms with E-state index in [2.05, 4.69) is 9.93 Å². The Morgan fingerprint density at radius 2 is 1.58 bits per heavy atom. The summed E-state index contributed by atoms with van der Waals surface area (Å²) in [5, 5.41) is 4.22. The second kappa shape index (κ2) is 14.5. The van der Waals surface area contributed by atoms with Crippen molar-refractivity contribution in [2.24, 2.45) is 5.10 Å². The molecule has 1 aliphatic heterocycles. The Morgan fingerprint density at radius 3 is 2.26 bits per heavy atom. The van der Waals surface area contributed by atoms with E-state index in [0.29, 0.717) is 36.1 Å². The Balaban J connectivity index is 1.66. The van der Waals surface area contributed by atoms with Crippen LogP contribution in [0.4, 0.5) is 17.6 Å². The summed E-state index contributed by atoms with van der Waals surface area (Å²) in [4.78, 5) is 2.29. The van der Waals surface area contributed by atoms with Crippen LogP contribution in [0.5, 0.6) is 0 Å². The number of hydrogen-bond acceptors (Lipinski definition) is 4. The van der Waals surface area contributed by atoms with E-state index in [0.717, 1.165) is 37.0 Å². The predicted octanol–water partition coefficient (Wildman–Crippen LogP) is 7.88. The molecule has 1 fully saturated rings. The lowest BCUT2D eigenvalue weighted by molar-refractivity contribution is 0.0353. The van der Waals surface area contributed by atoms with Crippen LogP contribution in [-0.2, 0) is 27.6 Å². The summed E-state index contributed by atoms with van der Waals surface area (Å²) in [7, 11) is -4.01. The van der Waals surface area contributed by atoms with Gasteiger partial charge in [-0.2, -0.15) is 13.5 Å². The molecule has 5 nitrogen and oxygen atoms in total. The summed E-state index contributed by atoms with van der Waals surface area (Å²) >= 11 is 0. The van der Waals surface area contributed by atoms with Gasteiger partial charge in [-0.05, 0) is 73.6 Å². The maximum atomic E-state index is 15.3. The fraction of sp³-hybridized carbons (Fsp3) is 0.424. The van der Waals surface area contributed by atoms with Gasteiger partial charge in [-0.3, -0.25) is 0 Å². The molecule has 232 valence electrons. The first-order chi connectivity index (χ1) is 20.5. The summed E-state index contributed by atoms with van der Waals surface area (Å²) < 4.78 is 91.0. The van der Waals surface area contributed by atoms with Crippen molar-refractivity contribution in [1.29, 1.82) is 0 Å². The molecule has 4 rings (SSSR count). The number of nitrogens with zero attached hydrogens (tertiary/aromatic N) is 1. The van der Waals surface area contributed by atoms with Crippen molar-refractivity contribution in [3.8, 4) is 0 Å². The molecule has 2 unspecified atom stereocenters. The maximum Gasteiger partial charge on any atom is 0.276 e. The van der Waals surface area contributed by atoms with E-state index in [1.54, 1.807) is 18.2 Å². The Kier molecular flexibility index (Phi) is 11.0. The zero-order valence-electron chi connectivity index (χ0n) is 24.7. The largest absolute Gasteiger partial charge is 0.377 e. The number of ether oxygens (including phenoxy) is 1. The Bertz CT molecular complexity index is 1560. The lowest BCUT2D eigenvalue weighted by Crippen LogP contribution is -2.35. The number of rotatable bonds is 12. The fourth-order valence-corrected chi connectivity index (χ4v) is 6.21. The number of nitrogens with one attached hydrogen (secondary N) is 1. The van der Waals surface area contributed by atoms with E-state index in [9.17, 15) is 21.6 Å². The molecule has 0 aromatic heterocycles. The van der Waals surface area contributed by atoms with Gasteiger partial charge in [0.1, 0.15) is 0 Å². The maximum absolute atomic E-state index is 15.3. The van der Waals surface area contributed by atoms with Crippen molar-refractivity contribution in [3.05, 3.63) is 99.6 Å². The smallest absolute Gasteiger partial charge is 0.276 e. The van der Waals surface area contributed by atoms with Gasteiger partial charge >= 0.3 is 0 Å². The van der Waals surface area contributed by atoms with E-state index in [-0.39, 0.29) is 41.6 Å². The van der Waals surface area contributed by atoms with Gasteiger partial charge in [-0.1, -0.05) is 62.9 Å². The normalized spacial score (nSPS) is 18.3. The van der Waals surface area contributed by atoms with Crippen LogP contribution in [0.25, 0.3) is 0 Å².